The van der Waals surface area contributed by atoms with Crippen molar-refractivity contribution in [3.63, 3.8) is 0 Å². The lowest BCUT2D eigenvalue weighted by Crippen LogP contribution is -2.50. The van der Waals surface area contributed by atoms with E-state index < -0.39 is 6.61 Å². The Labute approximate surface area is 143 Å². The average molecular weight is 342 g/mol. The smallest absolute Gasteiger partial charge is 0.387 e. The first-order valence-corrected chi connectivity index (χ1v) is 7.98. The van der Waals surface area contributed by atoms with Gasteiger partial charge in [-0.3, -0.25) is 0 Å². The molecule has 0 aromatic heterocycles. The third-order valence-corrected chi connectivity index (χ3v) is 3.84. The monoisotopic (exact) mass is 342 g/mol. The molecule has 5 nitrogen and oxygen atoms in total. The Morgan fingerprint density at radius 3 is 2.50 bits per heavy atom. The number of ether oxygens (including phenoxy) is 1. The van der Waals surface area contributed by atoms with Gasteiger partial charge in [-0.2, -0.15) is 8.78 Å². The molecule has 136 valence electrons. The van der Waals surface area contributed by atoms with Crippen molar-refractivity contribution in [2.24, 2.45) is 4.99 Å². The maximum absolute atomic E-state index is 12.5. The molecule has 0 aliphatic rings. The van der Waals surface area contributed by atoms with Gasteiger partial charge in [0.1, 0.15) is 5.75 Å². The summed E-state index contributed by atoms with van der Waals surface area (Å²) in [6, 6.07) is 6.69. The van der Waals surface area contributed by atoms with Gasteiger partial charge < -0.3 is 20.3 Å². The minimum absolute atomic E-state index is 0.0487. The molecule has 0 fully saturated rings. The average Bonchev–Trinajstić information content (AvgIpc) is 2.50. The summed E-state index contributed by atoms with van der Waals surface area (Å²) in [4.78, 5) is 6.59. The van der Waals surface area contributed by atoms with Crippen LogP contribution in [0.4, 0.5) is 8.78 Å². The fourth-order valence-electron chi connectivity index (χ4n) is 1.81. The number of nitrogens with one attached hydrogen (secondary N) is 2. The van der Waals surface area contributed by atoms with Crippen LogP contribution >= 0.6 is 0 Å². The molecule has 0 radical (unpaired) electrons. The van der Waals surface area contributed by atoms with E-state index >= 15 is 0 Å². The molecular weight excluding hydrogens is 314 g/mol. The molecule has 1 rings (SSSR count). The van der Waals surface area contributed by atoms with E-state index in [0.29, 0.717) is 24.6 Å². The molecule has 0 saturated carbocycles. The second-order valence-electron chi connectivity index (χ2n) is 6.24. The van der Waals surface area contributed by atoms with Crippen molar-refractivity contribution in [2.75, 3.05) is 27.2 Å². The molecule has 0 atom stereocenters. The fraction of sp³-hybridized carbons (Fsp3) is 0.588. The number of halogens is 2. The second kappa shape index (κ2) is 9.42. The second-order valence-corrected chi connectivity index (χ2v) is 6.24. The lowest BCUT2D eigenvalue weighted by atomic mass is 10.0. The van der Waals surface area contributed by atoms with Gasteiger partial charge in [0.05, 0.1) is 6.54 Å². The molecule has 0 heterocycles. The van der Waals surface area contributed by atoms with Gasteiger partial charge in [-0.15, -0.1) is 0 Å². The number of benzene rings is 1. The largest absolute Gasteiger partial charge is 0.434 e. The van der Waals surface area contributed by atoms with Crippen LogP contribution < -0.4 is 15.4 Å². The summed E-state index contributed by atoms with van der Waals surface area (Å²) in [6.45, 7) is 5.03. The van der Waals surface area contributed by atoms with Crippen molar-refractivity contribution in [1.29, 1.82) is 0 Å². The lowest BCUT2D eigenvalue weighted by molar-refractivity contribution is -0.0504. The molecule has 2 N–H and O–H groups in total. The lowest BCUT2D eigenvalue weighted by Gasteiger charge is -2.33. The molecule has 0 saturated heterocycles. The SMILES string of the molecule is CCNC(=NCc1ccccc1OC(F)F)NCC(C)(C)N(C)C. The Morgan fingerprint density at radius 1 is 1.25 bits per heavy atom. The Hall–Kier alpha value is -1.89. The number of guanidine groups is 1. The van der Waals surface area contributed by atoms with Crippen molar-refractivity contribution in [2.45, 2.75) is 39.5 Å². The number of nitrogens with zero attached hydrogens (tertiary/aromatic N) is 2. The first kappa shape index (κ1) is 20.2. The minimum Gasteiger partial charge on any atom is -0.434 e. The van der Waals surface area contributed by atoms with Gasteiger partial charge >= 0.3 is 6.61 Å². The van der Waals surface area contributed by atoms with Gasteiger partial charge in [-0.25, -0.2) is 4.99 Å². The normalized spacial score (nSPS) is 12.6. The highest BCUT2D eigenvalue weighted by Gasteiger charge is 2.20. The summed E-state index contributed by atoms with van der Waals surface area (Å²) in [7, 11) is 4.04. The number of hydrogen-bond acceptors (Lipinski definition) is 3. The zero-order valence-corrected chi connectivity index (χ0v) is 15.1. The van der Waals surface area contributed by atoms with E-state index in [4.69, 9.17) is 0 Å². The summed E-state index contributed by atoms with van der Waals surface area (Å²) in [6.07, 6.45) is 0. The Bertz CT molecular complexity index is 533. The summed E-state index contributed by atoms with van der Waals surface area (Å²) >= 11 is 0. The Morgan fingerprint density at radius 2 is 1.92 bits per heavy atom. The summed E-state index contributed by atoms with van der Waals surface area (Å²) in [5, 5.41) is 6.44. The van der Waals surface area contributed by atoms with Gasteiger partial charge in [0.2, 0.25) is 0 Å². The predicted octanol–water partition coefficient (Wildman–Crippen LogP) is 2.68. The molecule has 0 aliphatic carbocycles. The van der Waals surface area contributed by atoms with Crippen LogP contribution in [0.1, 0.15) is 26.3 Å². The van der Waals surface area contributed by atoms with Crippen LogP contribution in [0.3, 0.4) is 0 Å². The number of aliphatic imine (C=N–C) groups is 1. The number of para-hydroxylation sites is 1. The fourth-order valence-corrected chi connectivity index (χ4v) is 1.81. The standard InChI is InChI=1S/C17H28F2N4O/c1-6-20-16(22-12-17(2,3)23(4)5)21-11-13-9-7-8-10-14(13)24-15(18)19/h7-10,15H,6,11-12H2,1-5H3,(H2,20,21,22). The third-order valence-electron chi connectivity index (χ3n) is 3.84. The van der Waals surface area contributed by atoms with Crippen LogP contribution in [0.5, 0.6) is 5.75 Å². The molecule has 0 spiro atoms. The van der Waals surface area contributed by atoms with Crippen LogP contribution in [0.25, 0.3) is 0 Å². The van der Waals surface area contributed by atoms with Crippen molar-refractivity contribution in [3.05, 3.63) is 29.8 Å². The first-order valence-electron chi connectivity index (χ1n) is 7.98. The van der Waals surface area contributed by atoms with Crippen molar-refractivity contribution < 1.29 is 13.5 Å². The molecule has 0 bridgehead atoms. The molecular formula is C17H28F2N4O. The maximum Gasteiger partial charge on any atom is 0.387 e. The van der Waals surface area contributed by atoms with Crippen LogP contribution in [-0.2, 0) is 6.54 Å². The molecule has 0 aliphatic heterocycles. The summed E-state index contributed by atoms with van der Waals surface area (Å²) in [5.74, 6) is 0.792. The predicted molar refractivity (Wildman–Crippen MR) is 93.7 cm³/mol. The summed E-state index contributed by atoms with van der Waals surface area (Å²) in [5.41, 5.74) is 0.564. The van der Waals surface area contributed by atoms with E-state index in [1.54, 1.807) is 18.2 Å². The molecule has 1 aromatic carbocycles. The van der Waals surface area contributed by atoms with Crippen LogP contribution in [0, 0.1) is 0 Å². The van der Waals surface area contributed by atoms with Crippen molar-refractivity contribution in [3.8, 4) is 5.75 Å². The number of alkyl halides is 2. The molecule has 7 heteroatoms. The van der Waals surface area contributed by atoms with Crippen LogP contribution in [0.15, 0.2) is 29.3 Å². The highest BCUT2D eigenvalue weighted by molar-refractivity contribution is 5.79. The third kappa shape index (κ3) is 6.70. The van der Waals surface area contributed by atoms with Gasteiger partial charge in [0.25, 0.3) is 0 Å². The Balaban J connectivity index is 2.79. The highest BCUT2D eigenvalue weighted by atomic mass is 19.3. The molecule has 1 aromatic rings. The van der Waals surface area contributed by atoms with Gasteiger partial charge in [0, 0.05) is 24.2 Å². The van der Waals surface area contributed by atoms with Crippen molar-refractivity contribution >= 4 is 5.96 Å². The highest BCUT2D eigenvalue weighted by Crippen LogP contribution is 2.20. The van der Waals surface area contributed by atoms with Gasteiger partial charge in [0.15, 0.2) is 5.96 Å². The van der Waals surface area contributed by atoms with Crippen LogP contribution in [-0.4, -0.2) is 50.2 Å². The number of likely N-dealkylation sites (N-methyl/N-ethyl adjacent to an activating group) is 1. The van der Waals surface area contributed by atoms with Crippen LogP contribution in [0.2, 0.25) is 0 Å². The van der Waals surface area contributed by atoms with Gasteiger partial charge in [-0.1, -0.05) is 18.2 Å². The van der Waals surface area contributed by atoms with E-state index in [9.17, 15) is 8.78 Å². The molecule has 24 heavy (non-hydrogen) atoms. The van der Waals surface area contributed by atoms with Gasteiger partial charge in [-0.05, 0) is 40.9 Å². The van der Waals surface area contributed by atoms with E-state index in [-0.39, 0.29) is 17.8 Å². The topological polar surface area (TPSA) is 48.9 Å². The van der Waals surface area contributed by atoms with E-state index in [2.05, 4.69) is 39.1 Å². The minimum atomic E-state index is -2.85. The number of rotatable bonds is 8. The van der Waals surface area contributed by atoms with E-state index in [0.717, 1.165) is 0 Å². The maximum atomic E-state index is 12.5. The zero-order valence-electron chi connectivity index (χ0n) is 15.1. The number of hydrogen-bond donors (Lipinski definition) is 2. The zero-order chi connectivity index (χ0) is 18.2. The molecule has 0 unspecified atom stereocenters. The van der Waals surface area contributed by atoms with E-state index in [1.807, 2.05) is 21.0 Å². The quantitative estimate of drug-likeness (QED) is 0.563. The molecule has 0 amide bonds. The van der Waals surface area contributed by atoms with E-state index in [1.165, 1.54) is 6.07 Å². The first-order chi connectivity index (χ1) is 11.3. The Kier molecular flexibility index (Phi) is 7.91. The summed E-state index contributed by atoms with van der Waals surface area (Å²) < 4.78 is 29.5. The van der Waals surface area contributed by atoms with Crippen molar-refractivity contribution in [1.82, 2.24) is 15.5 Å².